The van der Waals surface area contributed by atoms with Crippen molar-refractivity contribution in [3.05, 3.63) is 29.8 Å². The van der Waals surface area contributed by atoms with E-state index in [4.69, 9.17) is 24.3 Å². The summed E-state index contributed by atoms with van der Waals surface area (Å²) < 4.78 is 16.9. The Morgan fingerprint density at radius 2 is 1.89 bits per heavy atom. The minimum Gasteiger partial charge on any atom is -0.494 e. The molecular weight excluding hydrogens is 448 g/mol. The summed E-state index contributed by atoms with van der Waals surface area (Å²) in [6.07, 6.45) is 6.78. The first-order chi connectivity index (χ1) is 16.7. The Hall–Kier alpha value is -2.61. The third-order valence-corrected chi connectivity index (χ3v) is 6.30. The number of amides is 1. The predicted molar refractivity (Wildman–Crippen MR) is 134 cm³/mol. The highest BCUT2D eigenvalue weighted by molar-refractivity contribution is 6.00. The van der Waals surface area contributed by atoms with Crippen LogP contribution in [0.1, 0.15) is 77.7 Å². The van der Waals surface area contributed by atoms with Gasteiger partial charge in [-0.3, -0.25) is 9.59 Å². The molecule has 35 heavy (non-hydrogen) atoms. The van der Waals surface area contributed by atoms with Gasteiger partial charge in [-0.15, -0.1) is 0 Å². The van der Waals surface area contributed by atoms with E-state index in [1.807, 2.05) is 45.0 Å². The Bertz CT molecular complexity index is 871. The standard InChI is InChI=1S/C27H40N2O6/c1-26(2,3)35-23(31)14-15-27(25(32)28-18-20-8-5-4-6-9-20)19-34-24(29-27)21-10-12-22(13-11-21)33-17-7-16-30/h10-13,20,30H,4-9,14-19H2,1-3H3,(H,28,32)/t27-/m1/s1. The first-order valence-corrected chi connectivity index (χ1v) is 12.8. The Kier molecular flexibility index (Phi) is 9.55. The molecule has 1 heterocycles. The highest BCUT2D eigenvalue weighted by Gasteiger charge is 2.45. The van der Waals surface area contributed by atoms with Crippen molar-refractivity contribution < 1.29 is 28.9 Å². The van der Waals surface area contributed by atoms with E-state index in [0.29, 0.717) is 37.1 Å². The summed E-state index contributed by atoms with van der Waals surface area (Å²) in [7, 11) is 0. The number of carbonyl (C=O) groups excluding carboxylic acids is 2. The lowest BCUT2D eigenvalue weighted by atomic mass is 9.88. The SMILES string of the molecule is CC(C)(C)OC(=O)CC[C@]1(C(=O)NCC2CCCCC2)COC(c2ccc(OCCCO)cc2)=N1. The molecule has 3 rings (SSSR count). The van der Waals surface area contributed by atoms with Crippen LogP contribution < -0.4 is 10.1 Å². The average Bonchev–Trinajstić information content (AvgIpc) is 3.27. The van der Waals surface area contributed by atoms with Crippen LogP contribution in [0.4, 0.5) is 0 Å². The van der Waals surface area contributed by atoms with Gasteiger partial charge in [0.2, 0.25) is 5.90 Å². The zero-order valence-corrected chi connectivity index (χ0v) is 21.3. The fraction of sp³-hybridized carbons (Fsp3) is 0.667. The van der Waals surface area contributed by atoms with Gasteiger partial charge < -0.3 is 24.6 Å². The zero-order valence-electron chi connectivity index (χ0n) is 21.3. The van der Waals surface area contributed by atoms with Crippen molar-refractivity contribution in [1.29, 1.82) is 0 Å². The van der Waals surface area contributed by atoms with Crippen molar-refractivity contribution in [2.24, 2.45) is 10.9 Å². The number of nitrogens with zero attached hydrogens (tertiary/aromatic N) is 1. The molecule has 0 unspecified atom stereocenters. The molecule has 1 atom stereocenters. The number of carbonyl (C=O) groups is 2. The maximum Gasteiger partial charge on any atom is 0.306 e. The normalized spacial score (nSPS) is 20.6. The molecular formula is C27H40N2O6. The molecule has 2 aliphatic rings. The van der Waals surface area contributed by atoms with E-state index in [2.05, 4.69) is 5.32 Å². The van der Waals surface area contributed by atoms with Crippen LogP contribution in [0.5, 0.6) is 5.75 Å². The van der Waals surface area contributed by atoms with Crippen LogP contribution >= 0.6 is 0 Å². The van der Waals surface area contributed by atoms with Crippen LogP contribution in [0, 0.1) is 5.92 Å². The van der Waals surface area contributed by atoms with E-state index in [1.165, 1.54) is 19.3 Å². The number of hydrogen-bond donors (Lipinski definition) is 2. The van der Waals surface area contributed by atoms with Crippen LogP contribution in [-0.2, 0) is 19.1 Å². The van der Waals surface area contributed by atoms with Crippen molar-refractivity contribution in [3.63, 3.8) is 0 Å². The Morgan fingerprint density at radius 3 is 2.54 bits per heavy atom. The van der Waals surface area contributed by atoms with Gasteiger partial charge in [-0.1, -0.05) is 19.3 Å². The molecule has 194 valence electrons. The lowest BCUT2D eigenvalue weighted by Crippen LogP contribution is -2.48. The average molecular weight is 489 g/mol. The largest absolute Gasteiger partial charge is 0.494 e. The number of esters is 1. The number of hydrogen-bond acceptors (Lipinski definition) is 7. The summed E-state index contributed by atoms with van der Waals surface area (Å²) in [5.74, 6) is 0.987. The van der Waals surface area contributed by atoms with Crippen LogP contribution in [0.2, 0.25) is 0 Å². The quantitative estimate of drug-likeness (QED) is 0.363. The molecule has 1 amide bonds. The van der Waals surface area contributed by atoms with Crippen molar-refractivity contribution in [2.75, 3.05) is 26.4 Å². The predicted octanol–water partition coefficient (Wildman–Crippen LogP) is 3.78. The van der Waals surface area contributed by atoms with Crippen molar-refractivity contribution in [2.45, 2.75) is 83.3 Å². The third kappa shape index (κ3) is 8.23. The van der Waals surface area contributed by atoms with Crippen molar-refractivity contribution in [1.82, 2.24) is 5.32 Å². The van der Waals surface area contributed by atoms with Crippen molar-refractivity contribution >= 4 is 17.8 Å². The molecule has 0 spiro atoms. The van der Waals surface area contributed by atoms with Gasteiger partial charge in [0.15, 0.2) is 5.54 Å². The Labute approximate surface area is 208 Å². The minimum atomic E-state index is -1.17. The van der Waals surface area contributed by atoms with E-state index in [-0.39, 0.29) is 37.9 Å². The third-order valence-electron chi connectivity index (χ3n) is 6.30. The molecule has 1 aliphatic heterocycles. The van der Waals surface area contributed by atoms with Gasteiger partial charge in [0.25, 0.3) is 5.91 Å². The van der Waals surface area contributed by atoms with Crippen molar-refractivity contribution in [3.8, 4) is 5.75 Å². The minimum absolute atomic E-state index is 0.0753. The summed E-state index contributed by atoms with van der Waals surface area (Å²) in [6, 6.07) is 7.28. The van der Waals surface area contributed by atoms with E-state index < -0.39 is 11.1 Å². The summed E-state index contributed by atoms with van der Waals surface area (Å²) in [5.41, 5.74) is -1.02. The lowest BCUT2D eigenvalue weighted by Gasteiger charge is -2.27. The molecule has 1 fully saturated rings. The van der Waals surface area contributed by atoms with Gasteiger partial charge in [0.05, 0.1) is 6.61 Å². The van der Waals surface area contributed by atoms with Gasteiger partial charge in [0.1, 0.15) is 18.0 Å². The van der Waals surface area contributed by atoms with E-state index in [9.17, 15) is 9.59 Å². The fourth-order valence-electron chi connectivity index (χ4n) is 4.40. The highest BCUT2D eigenvalue weighted by Crippen LogP contribution is 2.29. The smallest absolute Gasteiger partial charge is 0.306 e. The maximum atomic E-state index is 13.4. The summed E-state index contributed by atoms with van der Waals surface area (Å²) >= 11 is 0. The number of ether oxygens (including phenoxy) is 3. The maximum absolute atomic E-state index is 13.4. The first-order valence-electron chi connectivity index (χ1n) is 12.8. The van der Waals surface area contributed by atoms with E-state index in [0.717, 1.165) is 18.4 Å². The monoisotopic (exact) mass is 488 g/mol. The highest BCUT2D eigenvalue weighted by atomic mass is 16.6. The number of aliphatic hydroxyl groups excluding tert-OH is 1. The number of rotatable bonds is 11. The molecule has 2 N–H and O–H groups in total. The molecule has 0 saturated heterocycles. The van der Waals surface area contributed by atoms with E-state index in [1.54, 1.807) is 0 Å². The Balaban J connectivity index is 1.71. The van der Waals surface area contributed by atoms with Gasteiger partial charge in [0, 0.05) is 31.6 Å². The topological polar surface area (TPSA) is 106 Å². The van der Waals surface area contributed by atoms with Gasteiger partial charge in [-0.05, 0) is 70.2 Å². The molecule has 0 bridgehead atoms. The number of nitrogens with one attached hydrogen (secondary N) is 1. The lowest BCUT2D eigenvalue weighted by molar-refractivity contribution is -0.155. The van der Waals surface area contributed by atoms with Gasteiger partial charge >= 0.3 is 5.97 Å². The molecule has 1 aromatic carbocycles. The molecule has 0 radical (unpaired) electrons. The van der Waals surface area contributed by atoms with Crippen LogP contribution in [0.25, 0.3) is 0 Å². The second-order valence-electron chi connectivity index (χ2n) is 10.5. The van der Waals surface area contributed by atoms with Gasteiger partial charge in [-0.25, -0.2) is 4.99 Å². The zero-order chi connectivity index (χ0) is 25.3. The summed E-state index contributed by atoms with van der Waals surface area (Å²) in [4.78, 5) is 30.5. The first kappa shape index (κ1) is 27.0. The second-order valence-corrected chi connectivity index (χ2v) is 10.5. The molecule has 0 aromatic heterocycles. The van der Waals surface area contributed by atoms with Crippen LogP contribution in [0.15, 0.2) is 29.3 Å². The summed E-state index contributed by atoms with van der Waals surface area (Å²) in [5, 5.41) is 12.0. The van der Waals surface area contributed by atoms with E-state index >= 15 is 0 Å². The number of aliphatic hydroxyl groups is 1. The van der Waals surface area contributed by atoms with Crippen LogP contribution in [-0.4, -0.2) is 60.4 Å². The van der Waals surface area contributed by atoms with Gasteiger partial charge in [-0.2, -0.15) is 0 Å². The molecule has 1 aliphatic carbocycles. The summed E-state index contributed by atoms with van der Waals surface area (Å²) in [6.45, 7) is 6.68. The molecule has 8 nitrogen and oxygen atoms in total. The molecule has 1 aromatic rings. The fourth-order valence-corrected chi connectivity index (χ4v) is 4.40. The second kappa shape index (κ2) is 12.4. The number of aliphatic imine (C=N–C) groups is 1. The number of benzene rings is 1. The Morgan fingerprint density at radius 1 is 1.17 bits per heavy atom. The molecule has 1 saturated carbocycles. The van der Waals surface area contributed by atoms with Crippen LogP contribution in [0.3, 0.4) is 0 Å². The molecule has 8 heteroatoms.